The normalized spacial score (nSPS) is 18.3. The molecule has 0 spiro atoms. The molecule has 3 N–H and O–H groups in total. The summed E-state index contributed by atoms with van der Waals surface area (Å²) < 4.78 is 0. The van der Waals surface area contributed by atoms with Crippen LogP contribution in [0.2, 0.25) is 0 Å². The third kappa shape index (κ3) is 6.36. The zero-order valence-electron chi connectivity index (χ0n) is 14.0. The van der Waals surface area contributed by atoms with E-state index < -0.39 is 11.5 Å². The largest absolute Gasteiger partial charge is 0.481 e. The zero-order chi connectivity index (χ0) is 16.3. The number of aliphatic carboxylic acids is 1. The molecule has 0 unspecified atom stereocenters. The summed E-state index contributed by atoms with van der Waals surface area (Å²) in [7, 11) is 0. The third-order valence-electron chi connectivity index (χ3n) is 3.85. The van der Waals surface area contributed by atoms with Crippen molar-refractivity contribution in [2.45, 2.75) is 84.2 Å². The number of carboxylic acid groups (broad SMARTS) is 1. The van der Waals surface area contributed by atoms with Crippen LogP contribution in [0.5, 0.6) is 0 Å². The Morgan fingerprint density at radius 1 is 1.10 bits per heavy atom. The fraction of sp³-hybridized carbons (Fsp3) is 0.875. The molecule has 0 aliphatic heterocycles. The second-order valence-corrected chi connectivity index (χ2v) is 8.26. The van der Waals surface area contributed by atoms with E-state index >= 15 is 0 Å². The molecule has 122 valence electrons. The number of nitrogens with one attached hydrogen (secondary N) is 2. The predicted octanol–water partition coefficient (Wildman–Crippen LogP) is 3.29. The highest BCUT2D eigenvalue weighted by Crippen LogP contribution is 2.33. The molecule has 0 aromatic rings. The molecule has 2 amide bonds. The Morgan fingerprint density at radius 2 is 1.62 bits per heavy atom. The van der Waals surface area contributed by atoms with Crippen LogP contribution in [0.1, 0.15) is 73.1 Å². The molecule has 0 aromatic carbocycles. The molecule has 0 aromatic heterocycles. The van der Waals surface area contributed by atoms with Gasteiger partial charge in [-0.3, -0.25) is 4.79 Å². The lowest BCUT2D eigenvalue weighted by Crippen LogP contribution is -2.56. The highest BCUT2D eigenvalue weighted by Gasteiger charge is 2.38. The summed E-state index contributed by atoms with van der Waals surface area (Å²) in [5.74, 6) is -0.855. The van der Waals surface area contributed by atoms with Gasteiger partial charge in [0.2, 0.25) is 0 Å². The summed E-state index contributed by atoms with van der Waals surface area (Å²) in [5, 5.41) is 15.0. The van der Waals surface area contributed by atoms with E-state index in [0.29, 0.717) is 0 Å². The van der Waals surface area contributed by atoms with Crippen molar-refractivity contribution >= 4 is 12.0 Å². The Kier molecular flexibility index (Phi) is 5.29. The monoisotopic (exact) mass is 298 g/mol. The maximum Gasteiger partial charge on any atom is 0.315 e. The first-order valence-corrected chi connectivity index (χ1v) is 7.75. The van der Waals surface area contributed by atoms with Crippen molar-refractivity contribution < 1.29 is 14.7 Å². The molecule has 5 nitrogen and oxygen atoms in total. The van der Waals surface area contributed by atoms with Crippen LogP contribution in [-0.2, 0) is 4.79 Å². The van der Waals surface area contributed by atoms with Gasteiger partial charge in [-0.15, -0.1) is 0 Å². The van der Waals surface area contributed by atoms with Gasteiger partial charge >= 0.3 is 12.0 Å². The lowest BCUT2D eigenvalue weighted by atomic mass is 9.82. The average molecular weight is 298 g/mol. The first-order valence-electron chi connectivity index (χ1n) is 7.75. The van der Waals surface area contributed by atoms with E-state index in [0.717, 1.165) is 32.1 Å². The van der Waals surface area contributed by atoms with Crippen LogP contribution in [0, 0.1) is 5.41 Å². The van der Waals surface area contributed by atoms with E-state index in [2.05, 4.69) is 31.4 Å². The summed E-state index contributed by atoms with van der Waals surface area (Å²) in [4.78, 5) is 23.3. The van der Waals surface area contributed by atoms with E-state index in [1.165, 1.54) is 0 Å². The van der Waals surface area contributed by atoms with Gasteiger partial charge in [0, 0.05) is 5.54 Å². The topological polar surface area (TPSA) is 78.4 Å². The molecule has 0 radical (unpaired) electrons. The highest BCUT2D eigenvalue weighted by molar-refractivity contribution is 5.77. The number of hydrogen-bond acceptors (Lipinski definition) is 2. The Labute approximate surface area is 127 Å². The minimum atomic E-state index is -0.855. The molecule has 1 saturated carbocycles. The SMILES string of the molecule is CC(C)(C)CC(C)(C)NC(=O)NC1(CC(=O)O)CCCC1. The van der Waals surface area contributed by atoms with E-state index in [1.54, 1.807) is 0 Å². The number of urea groups is 1. The van der Waals surface area contributed by atoms with Gasteiger partial charge in [0.25, 0.3) is 0 Å². The first kappa shape index (κ1) is 17.8. The van der Waals surface area contributed by atoms with Crippen LogP contribution in [0.3, 0.4) is 0 Å². The molecular formula is C16H30N2O3. The molecule has 1 rings (SSSR count). The van der Waals surface area contributed by atoms with Crippen molar-refractivity contribution in [1.82, 2.24) is 10.6 Å². The summed E-state index contributed by atoms with van der Waals surface area (Å²) >= 11 is 0. The summed E-state index contributed by atoms with van der Waals surface area (Å²) in [6, 6.07) is -0.257. The number of carbonyl (C=O) groups is 2. The van der Waals surface area contributed by atoms with Crippen LogP contribution < -0.4 is 10.6 Å². The molecule has 5 heteroatoms. The zero-order valence-corrected chi connectivity index (χ0v) is 14.0. The van der Waals surface area contributed by atoms with Gasteiger partial charge in [-0.1, -0.05) is 33.6 Å². The van der Waals surface area contributed by atoms with Gasteiger partial charge in [-0.2, -0.15) is 0 Å². The standard InChI is InChI=1S/C16H30N2O3/c1-14(2,3)11-15(4,5)17-13(21)18-16(10-12(19)20)8-6-7-9-16/h6-11H2,1-5H3,(H,19,20)(H2,17,18,21). The minimum absolute atomic E-state index is 0.000118. The highest BCUT2D eigenvalue weighted by atomic mass is 16.4. The average Bonchev–Trinajstić information content (AvgIpc) is 2.58. The van der Waals surface area contributed by atoms with Gasteiger partial charge in [-0.25, -0.2) is 4.79 Å². The molecule has 21 heavy (non-hydrogen) atoms. The van der Waals surface area contributed by atoms with E-state index in [9.17, 15) is 9.59 Å². The number of hydrogen-bond donors (Lipinski definition) is 3. The van der Waals surface area contributed by atoms with Crippen molar-refractivity contribution in [3.05, 3.63) is 0 Å². The van der Waals surface area contributed by atoms with Crippen LogP contribution in [0.4, 0.5) is 4.79 Å². The van der Waals surface area contributed by atoms with E-state index in [-0.39, 0.29) is 23.4 Å². The van der Waals surface area contributed by atoms with Crippen molar-refractivity contribution in [3.8, 4) is 0 Å². The lowest BCUT2D eigenvalue weighted by molar-refractivity contribution is -0.138. The van der Waals surface area contributed by atoms with Gasteiger partial charge < -0.3 is 15.7 Å². The third-order valence-corrected chi connectivity index (χ3v) is 3.85. The van der Waals surface area contributed by atoms with E-state index in [4.69, 9.17) is 5.11 Å². The molecule has 1 aliphatic rings. The molecular weight excluding hydrogens is 268 g/mol. The maximum atomic E-state index is 12.3. The second-order valence-electron chi connectivity index (χ2n) is 8.26. The predicted molar refractivity (Wildman–Crippen MR) is 83.3 cm³/mol. The molecule has 1 aliphatic carbocycles. The van der Waals surface area contributed by atoms with E-state index in [1.807, 2.05) is 13.8 Å². The number of rotatable bonds is 5. The number of amides is 2. The molecule has 0 saturated heterocycles. The second kappa shape index (κ2) is 6.24. The summed E-state index contributed by atoms with van der Waals surface area (Å²) in [6.07, 6.45) is 4.27. The van der Waals surface area contributed by atoms with Crippen molar-refractivity contribution in [2.24, 2.45) is 5.41 Å². The smallest absolute Gasteiger partial charge is 0.315 e. The fourth-order valence-electron chi connectivity index (χ4n) is 3.64. The molecule has 0 heterocycles. The first-order chi connectivity index (χ1) is 9.43. The number of carboxylic acids is 1. The van der Waals surface area contributed by atoms with Gasteiger partial charge in [0.1, 0.15) is 0 Å². The minimum Gasteiger partial charge on any atom is -0.481 e. The van der Waals surface area contributed by atoms with Crippen LogP contribution >= 0.6 is 0 Å². The maximum absolute atomic E-state index is 12.3. The molecule has 1 fully saturated rings. The Balaban J connectivity index is 2.64. The van der Waals surface area contributed by atoms with Crippen molar-refractivity contribution in [1.29, 1.82) is 0 Å². The Morgan fingerprint density at radius 3 is 2.05 bits per heavy atom. The quantitative estimate of drug-likeness (QED) is 0.728. The van der Waals surface area contributed by atoms with Gasteiger partial charge in [-0.05, 0) is 38.5 Å². The molecule has 0 atom stereocenters. The van der Waals surface area contributed by atoms with Crippen LogP contribution in [0.15, 0.2) is 0 Å². The van der Waals surface area contributed by atoms with Gasteiger partial charge in [0.05, 0.1) is 12.0 Å². The Bertz CT molecular complexity index is 391. The van der Waals surface area contributed by atoms with Crippen LogP contribution in [0.25, 0.3) is 0 Å². The Hall–Kier alpha value is -1.26. The van der Waals surface area contributed by atoms with Crippen molar-refractivity contribution in [2.75, 3.05) is 0 Å². The number of carbonyl (C=O) groups excluding carboxylic acids is 1. The van der Waals surface area contributed by atoms with Crippen LogP contribution in [-0.4, -0.2) is 28.2 Å². The summed E-state index contributed by atoms with van der Waals surface area (Å²) in [6.45, 7) is 10.4. The van der Waals surface area contributed by atoms with Crippen molar-refractivity contribution in [3.63, 3.8) is 0 Å². The summed E-state index contributed by atoms with van der Waals surface area (Å²) in [5.41, 5.74) is -0.790. The lowest BCUT2D eigenvalue weighted by Gasteiger charge is -2.35. The van der Waals surface area contributed by atoms with Gasteiger partial charge in [0.15, 0.2) is 0 Å². The molecule has 0 bridgehead atoms. The fourth-order valence-corrected chi connectivity index (χ4v) is 3.64.